The lowest BCUT2D eigenvalue weighted by molar-refractivity contribution is -0.125. The molecule has 1 rings (SSSR count). The number of hydrogen-bond donors (Lipinski definition) is 1. The van der Waals surface area contributed by atoms with Crippen LogP contribution in [-0.2, 0) is 9.53 Å². The highest BCUT2D eigenvalue weighted by atomic mass is 35.5. The lowest BCUT2D eigenvalue weighted by atomic mass is 10.1. The number of esters is 1. The average Bonchev–Trinajstić information content (AvgIpc) is 2.23. The maximum atomic E-state index is 11.9. The summed E-state index contributed by atoms with van der Waals surface area (Å²) in [6.07, 6.45) is 0. The van der Waals surface area contributed by atoms with Gasteiger partial charge in [0.1, 0.15) is 0 Å². The van der Waals surface area contributed by atoms with E-state index in [9.17, 15) is 9.59 Å². The fraction of sp³-hybridized carbons (Fsp3) is 0.429. The van der Waals surface area contributed by atoms with Crippen molar-refractivity contribution < 1.29 is 14.3 Å². The number of ether oxygens (including phenoxy) is 1. The van der Waals surface area contributed by atoms with Gasteiger partial charge in [-0.15, -0.1) is 0 Å². The predicted octanol–water partition coefficient (Wildman–Crippen LogP) is 2.72. The lowest BCUT2D eigenvalue weighted by Gasteiger charge is -2.20. The highest BCUT2D eigenvalue weighted by Crippen LogP contribution is 2.20. The lowest BCUT2D eigenvalue weighted by Crippen LogP contribution is -2.42. The van der Waals surface area contributed by atoms with E-state index in [1.807, 2.05) is 20.8 Å². The maximum absolute atomic E-state index is 11.9. The Morgan fingerprint density at radius 2 is 1.95 bits per heavy atom. The highest BCUT2D eigenvalue weighted by molar-refractivity contribution is 6.33. The first-order valence-corrected chi connectivity index (χ1v) is 6.32. The largest absolute Gasteiger partial charge is 0.452 e. The molecule has 0 unspecified atom stereocenters. The zero-order valence-electron chi connectivity index (χ0n) is 11.5. The summed E-state index contributed by atoms with van der Waals surface area (Å²) >= 11 is 5.94. The third-order valence-corrected chi connectivity index (χ3v) is 2.59. The first-order chi connectivity index (χ1) is 8.70. The Kier molecular flexibility index (Phi) is 4.95. The van der Waals surface area contributed by atoms with Crippen molar-refractivity contribution in [1.29, 1.82) is 0 Å². The number of halogens is 1. The van der Waals surface area contributed by atoms with E-state index in [1.54, 1.807) is 25.1 Å². The Morgan fingerprint density at radius 1 is 1.32 bits per heavy atom. The quantitative estimate of drug-likeness (QED) is 0.868. The van der Waals surface area contributed by atoms with Crippen molar-refractivity contribution in [3.05, 3.63) is 34.3 Å². The van der Waals surface area contributed by atoms with Crippen molar-refractivity contribution >= 4 is 23.5 Å². The van der Waals surface area contributed by atoms with E-state index >= 15 is 0 Å². The number of nitrogens with one attached hydrogen (secondary N) is 1. The number of carbonyl (C=O) groups is 2. The van der Waals surface area contributed by atoms with Crippen LogP contribution in [0.3, 0.4) is 0 Å². The Bertz CT molecular complexity index is 472. The Labute approximate surface area is 118 Å². The second-order valence-corrected chi connectivity index (χ2v) is 5.71. The predicted molar refractivity (Wildman–Crippen MR) is 74.4 cm³/mol. The van der Waals surface area contributed by atoms with Crippen molar-refractivity contribution in [2.75, 3.05) is 6.61 Å². The molecule has 5 heteroatoms. The van der Waals surface area contributed by atoms with E-state index in [4.69, 9.17) is 16.3 Å². The van der Waals surface area contributed by atoms with E-state index in [2.05, 4.69) is 5.32 Å². The monoisotopic (exact) mass is 283 g/mol. The molecule has 0 heterocycles. The molecule has 0 atom stereocenters. The number of carbonyl (C=O) groups excluding carboxylic acids is 2. The number of aryl methyl sites for hydroxylation is 1. The van der Waals surface area contributed by atoms with Crippen molar-refractivity contribution in [3.8, 4) is 0 Å². The molecule has 4 nitrogen and oxygen atoms in total. The van der Waals surface area contributed by atoms with Crippen molar-refractivity contribution in [3.63, 3.8) is 0 Å². The molecule has 0 saturated carbocycles. The number of rotatable bonds is 3. The van der Waals surface area contributed by atoms with E-state index in [-0.39, 0.29) is 18.1 Å². The van der Waals surface area contributed by atoms with E-state index in [0.717, 1.165) is 0 Å². The molecule has 0 spiro atoms. The normalized spacial score (nSPS) is 11.0. The summed E-state index contributed by atoms with van der Waals surface area (Å²) in [4.78, 5) is 23.4. The van der Waals surface area contributed by atoms with Gasteiger partial charge in [-0.05, 0) is 39.3 Å². The average molecular weight is 284 g/mol. The number of benzene rings is 1. The summed E-state index contributed by atoms with van der Waals surface area (Å²) in [6, 6.07) is 5.12. The molecule has 0 radical (unpaired) electrons. The van der Waals surface area contributed by atoms with Crippen molar-refractivity contribution in [2.45, 2.75) is 33.2 Å². The number of amides is 1. The molecule has 0 aliphatic rings. The summed E-state index contributed by atoms with van der Waals surface area (Å²) in [5.41, 5.74) is 0.658. The van der Waals surface area contributed by atoms with Gasteiger partial charge in [-0.3, -0.25) is 4.79 Å². The van der Waals surface area contributed by atoms with Crippen molar-refractivity contribution in [2.24, 2.45) is 0 Å². The van der Waals surface area contributed by atoms with Gasteiger partial charge in [-0.1, -0.05) is 23.7 Å². The molecule has 1 amide bonds. The molecule has 104 valence electrons. The van der Waals surface area contributed by atoms with Gasteiger partial charge < -0.3 is 10.1 Å². The number of hydrogen-bond acceptors (Lipinski definition) is 3. The van der Waals surface area contributed by atoms with Crippen LogP contribution >= 0.6 is 11.6 Å². The molecule has 1 aromatic carbocycles. The molecule has 0 aliphatic carbocycles. The summed E-state index contributed by atoms with van der Waals surface area (Å²) in [7, 11) is 0. The van der Waals surface area contributed by atoms with E-state index in [1.165, 1.54) is 0 Å². The van der Waals surface area contributed by atoms with Crippen LogP contribution in [0.1, 0.15) is 36.7 Å². The molecular weight excluding hydrogens is 266 g/mol. The highest BCUT2D eigenvalue weighted by Gasteiger charge is 2.18. The van der Waals surface area contributed by atoms with Gasteiger partial charge in [-0.25, -0.2) is 4.79 Å². The topological polar surface area (TPSA) is 55.4 Å². The van der Waals surface area contributed by atoms with Gasteiger partial charge in [0.2, 0.25) is 0 Å². The second-order valence-electron chi connectivity index (χ2n) is 5.31. The van der Waals surface area contributed by atoms with Crippen LogP contribution in [-0.4, -0.2) is 24.0 Å². The molecule has 0 aromatic heterocycles. The van der Waals surface area contributed by atoms with E-state index < -0.39 is 5.97 Å². The first kappa shape index (κ1) is 15.5. The van der Waals surface area contributed by atoms with Crippen LogP contribution in [0.5, 0.6) is 0 Å². The standard InChI is InChI=1S/C14H18ClNO3/c1-9-6-5-7-10(15)12(9)13(18)19-8-11(17)16-14(2,3)4/h5-7H,8H2,1-4H3,(H,16,17). The molecule has 1 aromatic rings. The minimum Gasteiger partial charge on any atom is -0.452 e. The minimum absolute atomic E-state index is 0.299. The molecule has 19 heavy (non-hydrogen) atoms. The van der Waals surface area contributed by atoms with Crippen LogP contribution in [0, 0.1) is 6.92 Å². The van der Waals surface area contributed by atoms with Crippen molar-refractivity contribution in [1.82, 2.24) is 5.32 Å². The smallest absolute Gasteiger partial charge is 0.340 e. The van der Waals surface area contributed by atoms with Gasteiger partial charge in [0.15, 0.2) is 6.61 Å². The Hall–Kier alpha value is -1.55. The summed E-state index contributed by atoms with van der Waals surface area (Å²) in [5, 5.41) is 3.03. The minimum atomic E-state index is -0.591. The molecule has 0 bridgehead atoms. The first-order valence-electron chi connectivity index (χ1n) is 5.94. The van der Waals surface area contributed by atoms with Gasteiger partial charge in [0.05, 0.1) is 10.6 Å². The van der Waals surface area contributed by atoms with E-state index in [0.29, 0.717) is 16.1 Å². The van der Waals surface area contributed by atoms with Gasteiger partial charge in [-0.2, -0.15) is 0 Å². The Morgan fingerprint density at radius 3 is 2.47 bits per heavy atom. The van der Waals surface area contributed by atoms with Gasteiger partial charge in [0.25, 0.3) is 5.91 Å². The molecule has 1 N–H and O–H groups in total. The van der Waals surface area contributed by atoms with Gasteiger partial charge >= 0.3 is 5.97 Å². The second kappa shape index (κ2) is 6.06. The fourth-order valence-electron chi connectivity index (χ4n) is 1.55. The zero-order chi connectivity index (χ0) is 14.6. The molecule has 0 saturated heterocycles. The third kappa shape index (κ3) is 4.91. The van der Waals surface area contributed by atoms with Crippen LogP contribution in [0.2, 0.25) is 5.02 Å². The summed E-state index contributed by atoms with van der Waals surface area (Å²) < 4.78 is 4.96. The summed E-state index contributed by atoms with van der Waals surface area (Å²) in [5.74, 6) is -0.933. The maximum Gasteiger partial charge on any atom is 0.340 e. The van der Waals surface area contributed by atoms with Crippen LogP contribution in [0.15, 0.2) is 18.2 Å². The Balaban J connectivity index is 2.64. The molecule has 0 fully saturated rings. The molecule has 0 aliphatic heterocycles. The zero-order valence-corrected chi connectivity index (χ0v) is 12.3. The van der Waals surface area contributed by atoms with Crippen LogP contribution < -0.4 is 5.32 Å². The molecular formula is C14H18ClNO3. The van der Waals surface area contributed by atoms with Gasteiger partial charge in [0, 0.05) is 5.54 Å². The van der Waals surface area contributed by atoms with Crippen LogP contribution in [0.25, 0.3) is 0 Å². The fourth-order valence-corrected chi connectivity index (χ4v) is 1.85. The van der Waals surface area contributed by atoms with Crippen LogP contribution in [0.4, 0.5) is 0 Å². The third-order valence-electron chi connectivity index (χ3n) is 2.27. The summed E-state index contributed by atoms with van der Waals surface area (Å²) in [6.45, 7) is 7.00. The SMILES string of the molecule is Cc1cccc(Cl)c1C(=O)OCC(=O)NC(C)(C)C.